The average Bonchev–Trinajstić information content (AvgIpc) is 3.23. The van der Waals surface area contributed by atoms with Gasteiger partial charge in [-0.2, -0.15) is 0 Å². The zero-order valence-corrected chi connectivity index (χ0v) is 19.5. The lowest BCUT2D eigenvalue weighted by molar-refractivity contribution is -0.173. The number of aromatic nitrogens is 2. The Hall–Kier alpha value is -3.09. The van der Waals surface area contributed by atoms with Gasteiger partial charge in [-0.15, -0.1) is 0 Å². The molecule has 4 rings (SSSR count). The number of likely N-dealkylation sites (tertiary alicyclic amines) is 1. The Morgan fingerprint density at radius 1 is 1.21 bits per heavy atom. The van der Waals surface area contributed by atoms with E-state index >= 15 is 0 Å². The van der Waals surface area contributed by atoms with Gasteiger partial charge < -0.3 is 19.9 Å². The molecule has 1 saturated heterocycles. The minimum atomic E-state index is -1.30. The van der Waals surface area contributed by atoms with Gasteiger partial charge >= 0.3 is 5.97 Å². The Bertz CT molecular complexity index is 1210. The molecule has 172 valence electrons. The highest BCUT2D eigenvalue weighted by molar-refractivity contribution is 14.1. The Labute approximate surface area is 200 Å². The van der Waals surface area contributed by atoms with Gasteiger partial charge in [0.15, 0.2) is 17.2 Å². The van der Waals surface area contributed by atoms with Crippen LogP contribution in [0.4, 0.5) is 24.5 Å². The molecule has 0 spiro atoms. The number of carbonyl (C=O) groups excluding carboxylic acids is 2. The summed E-state index contributed by atoms with van der Waals surface area (Å²) in [5.41, 5.74) is -1.75. The molecular weight excluding hydrogens is 552 g/mol. The van der Waals surface area contributed by atoms with E-state index < -0.39 is 40.6 Å². The number of hydrogen-bond donors (Lipinski definition) is 2. The molecule has 0 atom stereocenters. The van der Waals surface area contributed by atoms with Crippen molar-refractivity contribution >= 4 is 45.8 Å². The topological polar surface area (TPSA) is 87.3 Å². The standard InChI is InChI=1S/C22H18F3IN4O3/c1-12(31)33-22(9-18-27-6-7-28-18)10-30(11-22)21(32)14-3-4-15(23)19(25)20(14)29-17-5-2-13(26)8-16(17)24/h2-8,29H,9-11H2,1H3,(H,27,28). The maximum Gasteiger partial charge on any atom is 0.303 e. The molecule has 7 nitrogen and oxygen atoms in total. The lowest BCUT2D eigenvalue weighted by Gasteiger charge is -2.48. The van der Waals surface area contributed by atoms with E-state index in [0.29, 0.717) is 9.39 Å². The lowest BCUT2D eigenvalue weighted by atomic mass is 9.88. The van der Waals surface area contributed by atoms with Gasteiger partial charge in [0.1, 0.15) is 11.6 Å². The summed E-state index contributed by atoms with van der Waals surface area (Å²) in [7, 11) is 0. The number of rotatable bonds is 6. The third-order valence-electron chi connectivity index (χ3n) is 5.17. The van der Waals surface area contributed by atoms with Crippen LogP contribution in [0.2, 0.25) is 0 Å². The molecule has 0 radical (unpaired) electrons. The number of nitrogens with zero attached hydrogens (tertiary/aromatic N) is 2. The van der Waals surface area contributed by atoms with Crippen molar-refractivity contribution in [2.45, 2.75) is 18.9 Å². The third kappa shape index (κ3) is 4.82. The van der Waals surface area contributed by atoms with Crippen LogP contribution in [-0.4, -0.2) is 45.4 Å². The summed E-state index contributed by atoms with van der Waals surface area (Å²) in [5, 5.41) is 2.51. The van der Waals surface area contributed by atoms with Crippen molar-refractivity contribution < 1.29 is 27.5 Å². The van der Waals surface area contributed by atoms with E-state index in [1.54, 1.807) is 18.5 Å². The normalized spacial score (nSPS) is 14.5. The molecular formula is C22H18F3IN4O3. The first kappa shape index (κ1) is 23.1. The van der Waals surface area contributed by atoms with Crippen molar-refractivity contribution in [2.24, 2.45) is 0 Å². The van der Waals surface area contributed by atoms with E-state index in [9.17, 15) is 22.8 Å². The summed E-state index contributed by atoms with van der Waals surface area (Å²) in [6.07, 6.45) is 3.43. The second-order valence-electron chi connectivity index (χ2n) is 7.68. The monoisotopic (exact) mass is 570 g/mol. The molecule has 33 heavy (non-hydrogen) atoms. The van der Waals surface area contributed by atoms with Crippen LogP contribution >= 0.6 is 22.6 Å². The summed E-state index contributed by atoms with van der Waals surface area (Å²) >= 11 is 1.92. The highest BCUT2D eigenvalue weighted by atomic mass is 127. The zero-order chi connectivity index (χ0) is 23.8. The van der Waals surface area contributed by atoms with Crippen LogP contribution in [0.3, 0.4) is 0 Å². The summed E-state index contributed by atoms with van der Waals surface area (Å²) < 4.78 is 49.0. The summed E-state index contributed by atoms with van der Waals surface area (Å²) in [4.78, 5) is 33.2. The quantitative estimate of drug-likeness (QED) is 0.343. The Morgan fingerprint density at radius 3 is 2.61 bits per heavy atom. The highest BCUT2D eigenvalue weighted by Crippen LogP contribution is 2.34. The van der Waals surface area contributed by atoms with Crippen molar-refractivity contribution in [2.75, 3.05) is 18.4 Å². The van der Waals surface area contributed by atoms with Crippen molar-refractivity contribution in [3.8, 4) is 0 Å². The molecule has 11 heteroatoms. The molecule has 0 unspecified atom stereocenters. The number of amides is 1. The van der Waals surface area contributed by atoms with Gasteiger partial charge in [0.25, 0.3) is 5.91 Å². The molecule has 0 bridgehead atoms. The summed E-state index contributed by atoms with van der Waals surface area (Å²) in [5.74, 6) is -3.73. The van der Waals surface area contributed by atoms with Crippen LogP contribution in [-0.2, 0) is 16.0 Å². The smallest absolute Gasteiger partial charge is 0.303 e. The fourth-order valence-corrected chi connectivity index (χ4v) is 4.21. The van der Waals surface area contributed by atoms with Gasteiger partial charge in [-0.25, -0.2) is 18.2 Å². The van der Waals surface area contributed by atoms with Crippen LogP contribution in [0.5, 0.6) is 0 Å². The number of anilines is 2. The molecule has 1 amide bonds. The van der Waals surface area contributed by atoms with Gasteiger partial charge in [-0.3, -0.25) is 9.59 Å². The number of ether oxygens (including phenoxy) is 1. The Morgan fingerprint density at radius 2 is 1.97 bits per heavy atom. The SMILES string of the molecule is CC(=O)OC1(Cc2ncc[nH]2)CN(C(=O)c2ccc(F)c(F)c2Nc2ccc(I)cc2F)C1. The summed E-state index contributed by atoms with van der Waals surface area (Å²) in [6.45, 7) is 1.33. The molecule has 0 aliphatic carbocycles. The average molecular weight is 570 g/mol. The van der Waals surface area contributed by atoms with Gasteiger partial charge in [0.05, 0.1) is 30.0 Å². The number of nitrogens with one attached hydrogen (secondary N) is 2. The number of benzene rings is 2. The lowest BCUT2D eigenvalue weighted by Crippen LogP contribution is -2.66. The number of H-pyrrole nitrogens is 1. The van der Waals surface area contributed by atoms with Gasteiger partial charge in [-0.05, 0) is 52.9 Å². The number of carbonyl (C=O) groups is 2. The van der Waals surface area contributed by atoms with Gasteiger partial charge in [-0.1, -0.05) is 0 Å². The number of hydrogen-bond acceptors (Lipinski definition) is 5. The molecule has 2 N–H and O–H groups in total. The van der Waals surface area contributed by atoms with Crippen molar-refractivity contribution in [3.63, 3.8) is 0 Å². The maximum atomic E-state index is 14.7. The molecule has 1 aromatic heterocycles. The summed E-state index contributed by atoms with van der Waals surface area (Å²) in [6, 6.07) is 6.14. The molecule has 1 aliphatic rings. The van der Waals surface area contributed by atoms with E-state index in [1.165, 1.54) is 24.0 Å². The maximum absolute atomic E-state index is 14.7. The first-order valence-corrected chi connectivity index (χ1v) is 10.9. The van der Waals surface area contributed by atoms with E-state index in [0.717, 1.165) is 12.1 Å². The van der Waals surface area contributed by atoms with Crippen LogP contribution in [0.1, 0.15) is 23.1 Å². The molecule has 1 aliphatic heterocycles. The number of esters is 1. The third-order valence-corrected chi connectivity index (χ3v) is 5.84. The number of imidazole rings is 1. The molecule has 2 aromatic carbocycles. The fourth-order valence-electron chi connectivity index (χ4n) is 3.76. The van der Waals surface area contributed by atoms with Crippen molar-refractivity contribution in [3.05, 3.63) is 75.1 Å². The van der Waals surface area contributed by atoms with E-state index in [2.05, 4.69) is 15.3 Å². The number of halogens is 4. The van der Waals surface area contributed by atoms with E-state index in [4.69, 9.17) is 4.74 Å². The zero-order valence-electron chi connectivity index (χ0n) is 17.3. The van der Waals surface area contributed by atoms with Crippen LogP contribution in [0, 0.1) is 21.0 Å². The van der Waals surface area contributed by atoms with Crippen LogP contribution in [0.25, 0.3) is 0 Å². The Balaban J connectivity index is 1.59. The van der Waals surface area contributed by atoms with E-state index in [-0.39, 0.29) is 30.8 Å². The van der Waals surface area contributed by atoms with Crippen LogP contribution in [0.15, 0.2) is 42.7 Å². The van der Waals surface area contributed by atoms with Gasteiger partial charge in [0, 0.05) is 29.3 Å². The van der Waals surface area contributed by atoms with Crippen molar-refractivity contribution in [1.29, 1.82) is 0 Å². The van der Waals surface area contributed by atoms with Gasteiger partial charge in [0.2, 0.25) is 0 Å². The second kappa shape index (κ2) is 9.04. The molecule has 2 heterocycles. The predicted octanol–water partition coefficient (Wildman–Crippen LogP) is 4.18. The second-order valence-corrected chi connectivity index (χ2v) is 8.93. The largest absolute Gasteiger partial charge is 0.455 e. The van der Waals surface area contributed by atoms with E-state index in [1.807, 2.05) is 22.6 Å². The molecule has 1 fully saturated rings. The first-order chi connectivity index (χ1) is 15.7. The minimum Gasteiger partial charge on any atom is -0.455 e. The predicted molar refractivity (Wildman–Crippen MR) is 121 cm³/mol. The number of aromatic amines is 1. The Kier molecular flexibility index (Phi) is 6.32. The fraction of sp³-hybridized carbons (Fsp3) is 0.227. The highest BCUT2D eigenvalue weighted by Gasteiger charge is 2.49. The first-order valence-electron chi connectivity index (χ1n) is 9.85. The van der Waals surface area contributed by atoms with Crippen molar-refractivity contribution in [1.82, 2.24) is 14.9 Å². The molecule has 3 aromatic rings. The minimum absolute atomic E-state index is 0.0302. The molecule has 0 saturated carbocycles. The van der Waals surface area contributed by atoms with Crippen LogP contribution < -0.4 is 5.32 Å².